The Labute approximate surface area is 173 Å². The second-order valence-corrected chi connectivity index (χ2v) is 9.78. The van der Waals surface area contributed by atoms with Crippen LogP contribution in [0.5, 0.6) is 0 Å². The van der Waals surface area contributed by atoms with Crippen LogP contribution in [0.15, 0.2) is 29.2 Å². The molecule has 0 saturated heterocycles. The first-order chi connectivity index (χ1) is 13.9. The standard InChI is InChI=1S/C21H27F2N3O2S/c22-19(23)29-17-4-2-1-3-16(17)25-18(27)5-6-24-20(28)26-21-10-13-7-14(11-21)9-15(8-13)12-21/h1-4,13-15,19H,5-12H2,(H,25,27)(H2,24,26,28). The molecule has 0 unspecified atom stereocenters. The van der Waals surface area contributed by atoms with Crippen molar-refractivity contribution in [3.63, 3.8) is 0 Å². The molecule has 5 rings (SSSR count). The monoisotopic (exact) mass is 423 g/mol. The molecular weight excluding hydrogens is 396 g/mol. The first-order valence-corrected chi connectivity index (χ1v) is 11.2. The first-order valence-electron chi connectivity index (χ1n) is 10.3. The lowest BCUT2D eigenvalue weighted by Crippen LogP contribution is -2.61. The van der Waals surface area contributed by atoms with E-state index in [0.717, 1.165) is 37.0 Å². The zero-order valence-electron chi connectivity index (χ0n) is 16.3. The number of urea groups is 1. The molecule has 4 aliphatic rings. The van der Waals surface area contributed by atoms with Gasteiger partial charge in [-0.25, -0.2) is 4.79 Å². The predicted molar refractivity (Wildman–Crippen MR) is 109 cm³/mol. The molecule has 8 heteroatoms. The summed E-state index contributed by atoms with van der Waals surface area (Å²) in [6.07, 6.45) is 7.25. The van der Waals surface area contributed by atoms with Gasteiger partial charge in [0.15, 0.2) is 0 Å². The van der Waals surface area contributed by atoms with Gasteiger partial charge >= 0.3 is 6.03 Å². The largest absolute Gasteiger partial charge is 0.338 e. The molecule has 5 nitrogen and oxygen atoms in total. The molecule has 0 aliphatic heterocycles. The number of thioether (sulfide) groups is 1. The molecule has 4 aliphatic carbocycles. The summed E-state index contributed by atoms with van der Waals surface area (Å²) >= 11 is 0.399. The van der Waals surface area contributed by atoms with E-state index >= 15 is 0 Å². The van der Waals surface area contributed by atoms with Crippen LogP contribution in [0.2, 0.25) is 0 Å². The molecule has 3 amide bonds. The molecule has 1 aromatic rings. The van der Waals surface area contributed by atoms with Crippen LogP contribution in [0.3, 0.4) is 0 Å². The molecule has 0 aromatic heterocycles. The number of rotatable bonds is 7. The summed E-state index contributed by atoms with van der Waals surface area (Å²) in [5, 5.41) is 8.65. The molecule has 4 fully saturated rings. The summed E-state index contributed by atoms with van der Waals surface area (Å²) in [7, 11) is 0. The van der Waals surface area contributed by atoms with Gasteiger partial charge in [-0.1, -0.05) is 23.9 Å². The van der Waals surface area contributed by atoms with Crippen molar-refractivity contribution in [3.05, 3.63) is 24.3 Å². The van der Waals surface area contributed by atoms with E-state index < -0.39 is 5.76 Å². The Morgan fingerprint density at radius 2 is 1.69 bits per heavy atom. The minimum absolute atomic E-state index is 0.0630. The fraction of sp³-hybridized carbons (Fsp3) is 0.619. The number of benzene rings is 1. The molecule has 4 bridgehead atoms. The fourth-order valence-electron chi connectivity index (χ4n) is 5.82. The molecule has 158 valence electrons. The maximum absolute atomic E-state index is 12.6. The number of hydrogen-bond acceptors (Lipinski definition) is 3. The number of hydrogen-bond donors (Lipinski definition) is 3. The summed E-state index contributed by atoms with van der Waals surface area (Å²) in [6, 6.07) is 6.26. The fourth-order valence-corrected chi connectivity index (χ4v) is 6.41. The zero-order valence-corrected chi connectivity index (χ0v) is 17.1. The Morgan fingerprint density at radius 3 is 2.31 bits per heavy atom. The summed E-state index contributed by atoms with van der Waals surface area (Å²) in [6.45, 7) is 0.203. The number of para-hydroxylation sites is 1. The van der Waals surface area contributed by atoms with Crippen molar-refractivity contribution >= 4 is 29.4 Å². The van der Waals surface area contributed by atoms with Gasteiger partial charge in [0, 0.05) is 23.4 Å². The van der Waals surface area contributed by atoms with Crippen molar-refractivity contribution in [2.24, 2.45) is 17.8 Å². The highest BCUT2D eigenvalue weighted by molar-refractivity contribution is 7.99. The highest BCUT2D eigenvalue weighted by Crippen LogP contribution is 2.55. The highest BCUT2D eigenvalue weighted by atomic mass is 32.2. The number of halogens is 2. The minimum Gasteiger partial charge on any atom is -0.338 e. The maximum atomic E-state index is 12.6. The quantitative estimate of drug-likeness (QED) is 0.562. The first kappa shape index (κ1) is 20.4. The van der Waals surface area contributed by atoms with Crippen LogP contribution in [0.4, 0.5) is 19.3 Å². The van der Waals surface area contributed by atoms with Crippen LogP contribution < -0.4 is 16.0 Å². The van der Waals surface area contributed by atoms with Gasteiger partial charge in [0.25, 0.3) is 5.76 Å². The van der Waals surface area contributed by atoms with Gasteiger partial charge in [0.05, 0.1) is 5.69 Å². The van der Waals surface area contributed by atoms with E-state index in [0.29, 0.717) is 22.3 Å². The predicted octanol–water partition coefficient (Wildman–Crippen LogP) is 4.60. The molecule has 29 heavy (non-hydrogen) atoms. The van der Waals surface area contributed by atoms with Gasteiger partial charge in [-0.2, -0.15) is 8.78 Å². The second-order valence-electron chi connectivity index (χ2n) is 8.75. The number of amides is 3. The number of carbonyl (C=O) groups excluding carboxylic acids is 2. The number of nitrogens with one attached hydrogen (secondary N) is 3. The van der Waals surface area contributed by atoms with E-state index in [9.17, 15) is 18.4 Å². The van der Waals surface area contributed by atoms with Gasteiger partial charge in [-0.05, 0) is 68.4 Å². The lowest BCUT2D eigenvalue weighted by molar-refractivity contribution is -0.116. The van der Waals surface area contributed by atoms with Crippen LogP contribution in [-0.4, -0.2) is 29.8 Å². The van der Waals surface area contributed by atoms with Gasteiger partial charge in [-0.15, -0.1) is 0 Å². The van der Waals surface area contributed by atoms with Crippen molar-refractivity contribution < 1.29 is 18.4 Å². The molecule has 0 heterocycles. The van der Waals surface area contributed by atoms with E-state index in [1.807, 2.05) is 0 Å². The van der Waals surface area contributed by atoms with E-state index in [4.69, 9.17) is 0 Å². The van der Waals surface area contributed by atoms with Crippen molar-refractivity contribution in [2.75, 3.05) is 11.9 Å². The summed E-state index contributed by atoms with van der Waals surface area (Å²) in [5.74, 6) is -0.624. The third kappa shape index (κ3) is 5.02. The van der Waals surface area contributed by atoms with Gasteiger partial charge in [0.1, 0.15) is 0 Å². The highest BCUT2D eigenvalue weighted by Gasteiger charge is 2.51. The summed E-state index contributed by atoms with van der Waals surface area (Å²) in [4.78, 5) is 24.9. The molecular formula is C21H27F2N3O2S. The third-order valence-electron chi connectivity index (χ3n) is 6.43. The normalized spacial score (nSPS) is 29.7. The molecule has 3 N–H and O–H groups in total. The molecule has 0 radical (unpaired) electrons. The number of alkyl halides is 2. The maximum Gasteiger partial charge on any atom is 0.315 e. The van der Waals surface area contributed by atoms with E-state index in [1.54, 1.807) is 24.3 Å². The molecule has 0 atom stereocenters. The minimum atomic E-state index is -2.55. The Morgan fingerprint density at radius 1 is 1.07 bits per heavy atom. The van der Waals surface area contributed by atoms with Crippen molar-refractivity contribution in [2.45, 2.75) is 61.1 Å². The van der Waals surface area contributed by atoms with Crippen LogP contribution in [0, 0.1) is 17.8 Å². The van der Waals surface area contributed by atoms with Crippen molar-refractivity contribution in [1.29, 1.82) is 0 Å². The van der Waals surface area contributed by atoms with Gasteiger partial charge in [-0.3, -0.25) is 4.79 Å². The second kappa shape index (κ2) is 8.50. The van der Waals surface area contributed by atoms with E-state index in [-0.39, 0.29) is 30.4 Å². The van der Waals surface area contributed by atoms with Crippen LogP contribution >= 0.6 is 11.8 Å². The molecule has 0 spiro atoms. The van der Waals surface area contributed by atoms with Crippen LogP contribution in [0.1, 0.15) is 44.9 Å². The lowest BCUT2D eigenvalue weighted by Gasteiger charge is -2.56. The van der Waals surface area contributed by atoms with Crippen LogP contribution in [0.25, 0.3) is 0 Å². The van der Waals surface area contributed by atoms with Gasteiger partial charge < -0.3 is 16.0 Å². The summed E-state index contributed by atoms with van der Waals surface area (Å²) in [5.41, 5.74) is 0.299. The smallest absolute Gasteiger partial charge is 0.315 e. The van der Waals surface area contributed by atoms with Crippen molar-refractivity contribution in [3.8, 4) is 0 Å². The zero-order chi connectivity index (χ0) is 20.4. The summed E-state index contributed by atoms with van der Waals surface area (Å²) < 4.78 is 25.3. The number of anilines is 1. The molecule has 4 saturated carbocycles. The van der Waals surface area contributed by atoms with E-state index in [1.165, 1.54) is 19.3 Å². The van der Waals surface area contributed by atoms with Crippen LogP contribution in [-0.2, 0) is 4.79 Å². The SMILES string of the molecule is O=C(CCNC(=O)NC12CC3CC(CC(C3)C1)C2)Nc1ccccc1SC(F)F. The van der Waals surface area contributed by atoms with E-state index in [2.05, 4.69) is 16.0 Å². The lowest BCUT2D eigenvalue weighted by atomic mass is 9.53. The average Bonchev–Trinajstić information content (AvgIpc) is 2.61. The topological polar surface area (TPSA) is 70.2 Å². The number of carbonyl (C=O) groups is 2. The third-order valence-corrected chi connectivity index (χ3v) is 7.22. The Balaban J connectivity index is 1.22. The van der Waals surface area contributed by atoms with Crippen molar-refractivity contribution in [1.82, 2.24) is 10.6 Å². The Kier molecular flexibility index (Phi) is 5.99. The Hall–Kier alpha value is -1.83. The molecule has 1 aromatic carbocycles. The average molecular weight is 424 g/mol. The Bertz CT molecular complexity index is 739. The van der Waals surface area contributed by atoms with Gasteiger partial charge in [0.2, 0.25) is 5.91 Å².